The van der Waals surface area contributed by atoms with Crippen LogP contribution in [-0.4, -0.2) is 18.1 Å². The first kappa shape index (κ1) is 11.4. The number of rotatable bonds is 2. The second-order valence-electron chi connectivity index (χ2n) is 5.06. The fraction of sp³-hybridized carbons (Fsp3) is 0.615. The maximum Gasteiger partial charge on any atom is 0.133 e. The summed E-state index contributed by atoms with van der Waals surface area (Å²) in [6.07, 6.45) is 1.86. The molecule has 0 bridgehead atoms. The summed E-state index contributed by atoms with van der Waals surface area (Å²) in [5, 5.41) is 0. The van der Waals surface area contributed by atoms with E-state index < -0.39 is 0 Å². The average Bonchev–Trinajstić information content (AvgIpc) is 2.59. The van der Waals surface area contributed by atoms with Crippen LogP contribution in [0.5, 0.6) is 0 Å². The molecule has 1 aromatic rings. The van der Waals surface area contributed by atoms with Crippen LogP contribution in [0.2, 0.25) is 0 Å². The van der Waals surface area contributed by atoms with Crippen molar-refractivity contribution in [2.45, 2.75) is 26.8 Å². The molecule has 0 spiro atoms. The molecule has 2 unspecified atom stereocenters. The van der Waals surface area contributed by atoms with E-state index in [2.05, 4.69) is 29.8 Å². The molecular weight excluding hydrogens is 198 g/mol. The standard InChI is InChI=1S/C13H21N3/c1-9-7-16(8-10(9)2)13-12(11(3)14)5-4-6-15-13/h4-6,9-11H,7-8,14H2,1-3H3/t9?,10?,11-/m0/s1. The molecule has 3 heteroatoms. The monoisotopic (exact) mass is 219 g/mol. The Morgan fingerprint density at radius 2 is 2.00 bits per heavy atom. The summed E-state index contributed by atoms with van der Waals surface area (Å²) in [6, 6.07) is 4.10. The van der Waals surface area contributed by atoms with Crippen molar-refractivity contribution in [2.24, 2.45) is 17.6 Å². The molecule has 88 valence electrons. The van der Waals surface area contributed by atoms with Gasteiger partial charge in [0, 0.05) is 30.9 Å². The second-order valence-corrected chi connectivity index (χ2v) is 5.06. The SMILES string of the molecule is CC1CN(c2ncccc2[C@H](C)N)CC1C. The van der Waals surface area contributed by atoms with Gasteiger partial charge >= 0.3 is 0 Å². The summed E-state index contributed by atoms with van der Waals surface area (Å²) in [5.74, 6) is 2.56. The lowest BCUT2D eigenvalue weighted by Gasteiger charge is -2.21. The fourth-order valence-corrected chi connectivity index (χ4v) is 2.33. The van der Waals surface area contributed by atoms with Crippen LogP contribution in [-0.2, 0) is 0 Å². The van der Waals surface area contributed by atoms with Crippen LogP contribution in [0.25, 0.3) is 0 Å². The van der Waals surface area contributed by atoms with Crippen molar-refractivity contribution in [1.29, 1.82) is 0 Å². The van der Waals surface area contributed by atoms with Crippen LogP contribution in [0.3, 0.4) is 0 Å². The van der Waals surface area contributed by atoms with E-state index in [4.69, 9.17) is 5.73 Å². The van der Waals surface area contributed by atoms with E-state index in [0.29, 0.717) is 0 Å². The Hall–Kier alpha value is -1.09. The lowest BCUT2D eigenvalue weighted by Crippen LogP contribution is -2.24. The van der Waals surface area contributed by atoms with Crippen molar-refractivity contribution in [3.05, 3.63) is 23.9 Å². The van der Waals surface area contributed by atoms with Gasteiger partial charge < -0.3 is 10.6 Å². The zero-order valence-corrected chi connectivity index (χ0v) is 10.4. The van der Waals surface area contributed by atoms with E-state index in [1.54, 1.807) is 0 Å². The van der Waals surface area contributed by atoms with Crippen LogP contribution in [0.1, 0.15) is 32.4 Å². The molecule has 0 radical (unpaired) electrons. The van der Waals surface area contributed by atoms with Crippen molar-refractivity contribution in [2.75, 3.05) is 18.0 Å². The molecule has 0 aromatic carbocycles. The first-order valence-electron chi connectivity index (χ1n) is 6.05. The maximum absolute atomic E-state index is 5.98. The molecule has 2 rings (SSSR count). The van der Waals surface area contributed by atoms with Crippen molar-refractivity contribution >= 4 is 5.82 Å². The van der Waals surface area contributed by atoms with Gasteiger partial charge in [0.15, 0.2) is 0 Å². The zero-order chi connectivity index (χ0) is 11.7. The smallest absolute Gasteiger partial charge is 0.133 e. The van der Waals surface area contributed by atoms with Crippen LogP contribution < -0.4 is 10.6 Å². The number of hydrogen-bond acceptors (Lipinski definition) is 3. The van der Waals surface area contributed by atoms with Gasteiger partial charge in [0.2, 0.25) is 0 Å². The largest absolute Gasteiger partial charge is 0.356 e. The topological polar surface area (TPSA) is 42.2 Å². The van der Waals surface area contributed by atoms with Crippen LogP contribution in [0, 0.1) is 11.8 Å². The number of hydrogen-bond donors (Lipinski definition) is 1. The highest BCUT2D eigenvalue weighted by Gasteiger charge is 2.28. The molecule has 1 aliphatic rings. The number of aromatic nitrogens is 1. The molecule has 0 saturated carbocycles. The molecule has 16 heavy (non-hydrogen) atoms. The predicted octanol–water partition coefficient (Wildman–Crippen LogP) is 2.19. The summed E-state index contributed by atoms with van der Waals surface area (Å²) >= 11 is 0. The van der Waals surface area contributed by atoms with Gasteiger partial charge in [-0.15, -0.1) is 0 Å². The first-order valence-corrected chi connectivity index (χ1v) is 6.05. The Kier molecular flexibility index (Phi) is 3.15. The number of nitrogens with zero attached hydrogens (tertiary/aromatic N) is 2. The van der Waals surface area contributed by atoms with Gasteiger partial charge in [-0.25, -0.2) is 4.98 Å². The molecule has 1 aliphatic heterocycles. The van der Waals surface area contributed by atoms with E-state index in [0.717, 1.165) is 36.3 Å². The Balaban J connectivity index is 2.27. The minimum Gasteiger partial charge on any atom is -0.356 e. The Morgan fingerprint density at radius 3 is 2.56 bits per heavy atom. The van der Waals surface area contributed by atoms with Crippen LogP contribution >= 0.6 is 0 Å². The average molecular weight is 219 g/mol. The summed E-state index contributed by atoms with van der Waals surface area (Å²) < 4.78 is 0. The second kappa shape index (κ2) is 4.42. The van der Waals surface area contributed by atoms with Crippen molar-refractivity contribution in [1.82, 2.24) is 4.98 Å². The third kappa shape index (κ3) is 2.05. The Bertz CT molecular complexity index is 352. The van der Waals surface area contributed by atoms with Gasteiger partial charge in [-0.2, -0.15) is 0 Å². The lowest BCUT2D eigenvalue weighted by atomic mass is 10.0. The van der Waals surface area contributed by atoms with Crippen molar-refractivity contribution in [3.8, 4) is 0 Å². The van der Waals surface area contributed by atoms with E-state index >= 15 is 0 Å². The van der Waals surface area contributed by atoms with Gasteiger partial charge in [-0.3, -0.25) is 0 Å². The summed E-state index contributed by atoms with van der Waals surface area (Å²) in [7, 11) is 0. The minimum absolute atomic E-state index is 0.0508. The molecule has 2 heterocycles. The minimum atomic E-state index is 0.0508. The first-order chi connectivity index (χ1) is 7.59. The van der Waals surface area contributed by atoms with Crippen molar-refractivity contribution in [3.63, 3.8) is 0 Å². The highest BCUT2D eigenvalue weighted by molar-refractivity contribution is 5.49. The summed E-state index contributed by atoms with van der Waals surface area (Å²) in [4.78, 5) is 6.87. The number of nitrogens with two attached hydrogens (primary N) is 1. The highest BCUT2D eigenvalue weighted by Crippen LogP contribution is 2.30. The Labute approximate surface area is 97.7 Å². The number of anilines is 1. The zero-order valence-electron chi connectivity index (χ0n) is 10.4. The summed E-state index contributed by atoms with van der Waals surface area (Å²) in [6.45, 7) is 8.82. The van der Waals surface area contributed by atoms with Gasteiger partial charge in [-0.05, 0) is 24.8 Å². The molecule has 2 N–H and O–H groups in total. The molecule has 1 saturated heterocycles. The molecule has 1 fully saturated rings. The molecule has 3 nitrogen and oxygen atoms in total. The van der Waals surface area contributed by atoms with Gasteiger partial charge in [-0.1, -0.05) is 19.9 Å². The predicted molar refractivity (Wildman–Crippen MR) is 67.4 cm³/mol. The summed E-state index contributed by atoms with van der Waals surface area (Å²) in [5.41, 5.74) is 7.14. The lowest BCUT2D eigenvalue weighted by molar-refractivity contribution is 0.494. The van der Waals surface area contributed by atoms with Gasteiger partial charge in [0.25, 0.3) is 0 Å². The highest BCUT2D eigenvalue weighted by atomic mass is 15.2. The normalized spacial score (nSPS) is 27.1. The third-order valence-electron chi connectivity index (χ3n) is 3.60. The Morgan fingerprint density at radius 1 is 1.38 bits per heavy atom. The van der Waals surface area contributed by atoms with Gasteiger partial charge in [0.1, 0.15) is 5.82 Å². The van der Waals surface area contributed by atoms with Crippen LogP contribution in [0.4, 0.5) is 5.82 Å². The van der Waals surface area contributed by atoms with E-state index in [9.17, 15) is 0 Å². The van der Waals surface area contributed by atoms with Crippen LogP contribution in [0.15, 0.2) is 18.3 Å². The molecule has 0 aliphatic carbocycles. The maximum atomic E-state index is 5.98. The van der Waals surface area contributed by atoms with Crippen molar-refractivity contribution < 1.29 is 0 Å². The molecule has 1 aromatic heterocycles. The van der Waals surface area contributed by atoms with Gasteiger partial charge in [0.05, 0.1) is 0 Å². The molecular formula is C13H21N3. The van der Waals surface area contributed by atoms with E-state index in [1.165, 1.54) is 0 Å². The van der Waals surface area contributed by atoms with E-state index in [1.807, 2.05) is 19.2 Å². The third-order valence-corrected chi connectivity index (χ3v) is 3.60. The number of pyridine rings is 1. The molecule has 0 amide bonds. The van der Waals surface area contributed by atoms with E-state index in [-0.39, 0.29) is 6.04 Å². The fourth-order valence-electron chi connectivity index (χ4n) is 2.33. The molecule has 3 atom stereocenters. The quantitative estimate of drug-likeness (QED) is 0.829.